The van der Waals surface area contributed by atoms with Gasteiger partial charge in [-0.15, -0.1) is 0 Å². The summed E-state index contributed by atoms with van der Waals surface area (Å²) in [6.45, 7) is 11.0. The zero-order valence-corrected chi connectivity index (χ0v) is 10.3. The molecule has 0 aromatic carbocycles. The number of carboxylic acid groups (broad SMARTS) is 1. The van der Waals surface area contributed by atoms with Crippen molar-refractivity contribution < 1.29 is 14.7 Å². The van der Waals surface area contributed by atoms with E-state index < -0.39 is 23.5 Å². The summed E-state index contributed by atoms with van der Waals surface area (Å²) in [7, 11) is 0. The van der Waals surface area contributed by atoms with Gasteiger partial charge in [-0.1, -0.05) is 32.9 Å². The van der Waals surface area contributed by atoms with Gasteiger partial charge in [-0.25, -0.2) is 9.59 Å². The van der Waals surface area contributed by atoms with E-state index in [1.165, 1.54) is 0 Å². The van der Waals surface area contributed by atoms with Crippen LogP contribution in [0.25, 0.3) is 0 Å². The molecule has 0 aliphatic carbocycles. The molecule has 2 amide bonds. The van der Waals surface area contributed by atoms with Crippen molar-refractivity contribution in [3.8, 4) is 0 Å². The summed E-state index contributed by atoms with van der Waals surface area (Å²) < 4.78 is 0. The van der Waals surface area contributed by atoms with Gasteiger partial charge in [0.2, 0.25) is 0 Å². The summed E-state index contributed by atoms with van der Waals surface area (Å²) in [5.41, 5.74) is 0.268. The molecule has 0 fully saturated rings. The van der Waals surface area contributed by atoms with Crippen LogP contribution < -0.4 is 10.6 Å². The van der Waals surface area contributed by atoms with Crippen molar-refractivity contribution >= 4 is 12.0 Å². The van der Waals surface area contributed by atoms with Gasteiger partial charge < -0.3 is 15.7 Å². The van der Waals surface area contributed by atoms with Crippen molar-refractivity contribution in [1.82, 2.24) is 10.6 Å². The predicted octanol–water partition coefficient (Wildman–Crippen LogP) is 1.36. The van der Waals surface area contributed by atoms with E-state index in [1.807, 2.05) is 0 Å². The van der Waals surface area contributed by atoms with Crippen molar-refractivity contribution in [2.24, 2.45) is 5.41 Å². The number of carboxylic acids is 1. The molecule has 92 valence electrons. The average Bonchev–Trinajstić information content (AvgIpc) is 2.08. The number of carbonyl (C=O) groups excluding carboxylic acids is 1. The van der Waals surface area contributed by atoms with E-state index in [4.69, 9.17) is 5.11 Å². The SMILES string of the molecule is C=C(C)CNC(=O)N[C@H](C(=O)O)C(C)(C)C. The smallest absolute Gasteiger partial charge is 0.326 e. The summed E-state index contributed by atoms with van der Waals surface area (Å²) in [5, 5.41) is 13.9. The summed E-state index contributed by atoms with van der Waals surface area (Å²) in [6, 6.07) is -1.41. The first-order chi connectivity index (χ1) is 7.14. The minimum atomic E-state index is -1.04. The minimum absolute atomic E-state index is 0.336. The van der Waals surface area contributed by atoms with Crippen molar-refractivity contribution in [2.75, 3.05) is 6.54 Å². The minimum Gasteiger partial charge on any atom is -0.480 e. The highest BCUT2D eigenvalue weighted by molar-refractivity contribution is 5.83. The van der Waals surface area contributed by atoms with Crippen LogP contribution in [0.15, 0.2) is 12.2 Å². The Morgan fingerprint density at radius 2 is 1.88 bits per heavy atom. The maximum absolute atomic E-state index is 11.4. The Labute approximate surface area is 95.9 Å². The Balaban J connectivity index is 4.37. The van der Waals surface area contributed by atoms with E-state index in [1.54, 1.807) is 27.7 Å². The molecular weight excluding hydrogens is 208 g/mol. The first kappa shape index (κ1) is 14.5. The molecule has 0 unspecified atom stereocenters. The van der Waals surface area contributed by atoms with E-state index >= 15 is 0 Å². The van der Waals surface area contributed by atoms with E-state index in [0.717, 1.165) is 5.57 Å². The summed E-state index contributed by atoms with van der Waals surface area (Å²) >= 11 is 0. The fraction of sp³-hybridized carbons (Fsp3) is 0.636. The van der Waals surface area contributed by atoms with Gasteiger partial charge in [-0.3, -0.25) is 0 Å². The lowest BCUT2D eigenvalue weighted by atomic mass is 9.87. The molecule has 0 radical (unpaired) electrons. The highest BCUT2D eigenvalue weighted by atomic mass is 16.4. The Morgan fingerprint density at radius 1 is 1.38 bits per heavy atom. The molecule has 0 rings (SSSR count). The number of rotatable bonds is 4. The molecule has 1 atom stereocenters. The van der Waals surface area contributed by atoms with Crippen molar-refractivity contribution in [1.29, 1.82) is 0 Å². The van der Waals surface area contributed by atoms with Crippen molar-refractivity contribution in [2.45, 2.75) is 33.7 Å². The Kier molecular flexibility index (Phi) is 5.01. The second kappa shape index (κ2) is 5.53. The van der Waals surface area contributed by atoms with Gasteiger partial charge >= 0.3 is 12.0 Å². The third-order valence-electron chi connectivity index (χ3n) is 1.94. The second-order valence-corrected chi connectivity index (χ2v) is 4.92. The van der Waals surface area contributed by atoms with Gasteiger partial charge in [0.25, 0.3) is 0 Å². The zero-order valence-electron chi connectivity index (χ0n) is 10.3. The molecule has 0 aromatic heterocycles. The normalized spacial score (nSPS) is 12.8. The molecule has 0 spiro atoms. The van der Waals surface area contributed by atoms with Crippen LogP contribution in [0.2, 0.25) is 0 Å². The van der Waals surface area contributed by atoms with Crippen LogP contribution in [-0.4, -0.2) is 29.7 Å². The van der Waals surface area contributed by atoms with Crippen LogP contribution in [0.3, 0.4) is 0 Å². The Morgan fingerprint density at radius 3 is 2.19 bits per heavy atom. The topological polar surface area (TPSA) is 78.4 Å². The average molecular weight is 228 g/mol. The number of urea groups is 1. The largest absolute Gasteiger partial charge is 0.480 e. The monoisotopic (exact) mass is 228 g/mol. The van der Waals surface area contributed by atoms with E-state index in [9.17, 15) is 9.59 Å². The van der Waals surface area contributed by atoms with Gasteiger partial charge in [-0.05, 0) is 12.3 Å². The van der Waals surface area contributed by atoms with Crippen LogP contribution >= 0.6 is 0 Å². The van der Waals surface area contributed by atoms with Crippen molar-refractivity contribution in [3.63, 3.8) is 0 Å². The van der Waals surface area contributed by atoms with E-state index in [0.29, 0.717) is 6.54 Å². The first-order valence-corrected chi connectivity index (χ1v) is 5.06. The van der Waals surface area contributed by atoms with Gasteiger partial charge in [0.15, 0.2) is 0 Å². The molecule has 0 heterocycles. The quantitative estimate of drug-likeness (QED) is 0.636. The number of carbonyl (C=O) groups is 2. The highest BCUT2D eigenvalue weighted by Gasteiger charge is 2.32. The van der Waals surface area contributed by atoms with Gasteiger partial charge in [0.05, 0.1) is 0 Å². The van der Waals surface area contributed by atoms with Crippen LogP contribution in [-0.2, 0) is 4.79 Å². The summed E-state index contributed by atoms with van der Waals surface area (Å²) in [5.74, 6) is -1.04. The number of nitrogens with one attached hydrogen (secondary N) is 2. The maximum Gasteiger partial charge on any atom is 0.326 e. The lowest BCUT2D eigenvalue weighted by Crippen LogP contribution is -2.52. The molecule has 0 aliphatic heterocycles. The fourth-order valence-electron chi connectivity index (χ4n) is 1.06. The molecule has 0 aliphatic rings. The van der Waals surface area contributed by atoms with Gasteiger partial charge in [0, 0.05) is 6.54 Å². The fourth-order valence-corrected chi connectivity index (χ4v) is 1.06. The van der Waals surface area contributed by atoms with E-state index in [-0.39, 0.29) is 0 Å². The second-order valence-electron chi connectivity index (χ2n) is 4.92. The van der Waals surface area contributed by atoms with Crippen molar-refractivity contribution in [3.05, 3.63) is 12.2 Å². The van der Waals surface area contributed by atoms with Crippen LogP contribution in [0.5, 0.6) is 0 Å². The lowest BCUT2D eigenvalue weighted by molar-refractivity contribution is -0.141. The Hall–Kier alpha value is -1.52. The predicted molar refractivity (Wildman–Crippen MR) is 62.2 cm³/mol. The molecule has 5 nitrogen and oxygen atoms in total. The first-order valence-electron chi connectivity index (χ1n) is 5.06. The van der Waals surface area contributed by atoms with Crippen LogP contribution in [0, 0.1) is 5.41 Å². The number of aliphatic carboxylic acids is 1. The molecule has 5 heteroatoms. The van der Waals surface area contributed by atoms with E-state index in [2.05, 4.69) is 17.2 Å². The third kappa shape index (κ3) is 5.38. The van der Waals surface area contributed by atoms with Crippen LogP contribution in [0.4, 0.5) is 4.79 Å². The zero-order chi connectivity index (χ0) is 12.9. The maximum atomic E-state index is 11.4. The molecule has 0 bridgehead atoms. The number of hydrogen-bond donors (Lipinski definition) is 3. The lowest BCUT2D eigenvalue weighted by Gasteiger charge is -2.27. The molecule has 16 heavy (non-hydrogen) atoms. The summed E-state index contributed by atoms with van der Waals surface area (Å²) in [6.07, 6.45) is 0. The molecule has 0 saturated heterocycles. The number of hydrogen-bond acceptors (Lipinski definition) is 2. The van der Waals surface area contributed by atoms with Crippen LogP contribution in [0.1, 0.15) is 27.7 Å². The molecule has 0 saturated carbocycles. The van der Waals surface area contributed by atoms with Gasteiger partial charge in [-0.2, -0.15) is 0 Å². The molecular formula is C11H20N2O3. The summed E-state index contributed by atoms with van der Waals surface area (Å²) in [4.78, 5) is 22.3. The van der Waals surface area contributed by atoms with Gasteiger partial charge in [0.1, 0.15) is 6.04 Å². The highest BCUT2D eigenvalue weighted by Crippen LogP contribution is 2.19. The molecule has 3 N–H and O–H groups in total. The third-order valence-corrected chi connectivity index (χ3v) is 1.94. The molecule has 0 aromatic rings. The number of amides is 2. The standard InChI is InChI=1S/C11H20N2O3/c1-7(2)6-12-10(16)13-8(9(14)15)11(3,4)5/h8H,1,6H2,2-5H3,(H,14,15)(H2,12,13,16)/t8-/m1/s1. The Bertz CT molecular complexity index is 292.